The van der Waals surface area contributed by atoms with E-state index in [-0.39, 0.29) is 12.1 Å². The number of benzene rings is 1. The molecule has 1 aromatic carbocycles. The summed E-state index contributed by atoms with van der Waals surface area (Å²) in [7, 11) is 0. The summed E-state index contributed by atoms with van der Waals surface area (Å²) < 4.78 is 39.0. The Bertz CT molecular complexity index is 975. The lowest BCUT2D eigenvalue weighted by Gasteiger charge is -2.34. The zero-order valence-corrected chi connectivity index (χ0v) is 16.5. The number of aliphatic hydroxyl groups is 1. The fourth-order valence-corrected chi connectivity index (χ4v) is 4.99. The number of hydrogen-bond donors (Lipinski definition) is 2. The van der Waals surface area contributed by atoms with E-state index in [2.05, 4.69) is 15.1 Å². The third-order valence-corrected chi connectivity index (χ3v) is 6.60. The molecule has 2 aliphatic carbocycles. The molecular weight excluding hydrogens is 395 g/mol. The summed E-state index contributed by atoms with van der Waals surface area (Å²) >= 11 is 0. The minimum atomic E-state index is -4.51. The molecule has 0 saturated heterocycles. The van der Waals surface area contributed by atoms with Gasteiger partial charge >= 0.3 is 6.18 Å². The summed E-state index contributed by atoms with van der Waals surface area (Å²) in [5.74, 6) is 0.722. The number of aromatic hydroxyl groups is 1. The zero-order chi connectivity index (χ0) is 21.0. The van der Waals surface area contributed by atoms with Gasteiger partial charge in [0.2, 0.25) is 0 Å². The molecule has 1 aromatic heterocycles. The van der Waals surface area contributed by atoms with Crippen molar-refractivity contribution in [1.29, 1.82) is 0 Å². The largest absolute Gasteiger partial charge is 0.507 e. The topological polar surface area (TPSA) is 69.5 Å². The maximum Gasteiger partial charge on any atom is 0.416 e. The Hall–Kier alpha value is -2.35. The van der Waals surface area contributed by atoms with Gasteiger partial charge in [-0.25, -0.2) is 0 Å². The Balaban J connectivity index is 1.55. The minimum Gasteiger partial charge on any atom is -0.507 e. The highest BCUT2D eigenvalue weighted by molar-refractivity contribution is 5.75. The second-order valence-corrected chi connectivity index (χ2v) is 8.69. The van der Waals surface area contributed by atoms with Gasteiger partial charge in [-0.15, -0.1) is 10.2 Å². The number of fused-ring (bicyclic) bond motifs is 1. The van der Waals surface area contributed by atoms with Crippen LogP contribution < -0.4 is 4.90 Å². The Kier molecular flexibility index (Phi) is 4.65. The number of phenols is 1. The van der Waals surface area contributed by atoms with Gasteiger partial charge in [-0.2, -0.15) is 13.2 Å². The van der Waals surface area contributed by atoms with Crippen LogP contribution >= 0.6 is 0 Å². The van der Waals surface area contributed by atoms with E-state index in [0.29, 0.717) is 17.2 Å². The van der Waals surface area contributed by atoms with Gasteiger partial charge in [0.05, 0.1) is 11.7 Å². The molecule has 2 atom stereocenters. The van der Waals surface area contributed by atoms with Crippen LogP contribution in [0.15, 0.2) is 18.2 Å². The van der Waals surface area contributed by atoms with E-state index in [1.807, 2.05) is 0 Å². The van der Waals surface area contributed by atoms with Crippen molar-refractivity contribution in [1.82, 2.24) is 10.2 Å². The third kappa shape index (κ3) is 3.41. The molecule has 0 radical (unpaired) electrons. The Morgan fingerprint density at radius 3 is 2.53 bits per heavy atom. The third-order valence-electron chi connectivity index (χ3n) is 6.60. The van der Waals surface area contributed by atoms with Crippen molar-refractivity contribution in [3.63, 3.8) is 0 Å². The molecule has 5 nitrogen and oxygen atoms in total. The molecule has 0 spiro atoms. The van der Waals surface area contributed by atoms with E-state index in [4.69, 9.17) is 0 Å². The molecule has 30 heavy (non-hydrogen) atoms. The van der Waals surface area contributed by atoms with Gasteiger partial charge in [-0.05, 0) is 74.6 Å². The van der Waals surface area contributed by atoms with Crippen molar-refractivity contribution >= 4 is 5.82 Å². The lowest BCUT2D eigenvalue weighted by Crippen LogP contribution is -2.39. The zero-order valence-electron chi connectivity index (χ0n) is 16.5. The van der Waals surface area contributed by atoms with E-state index in [0.717, 1.165) is 80.6 Å². The molecule has 3 aliphatic rings. The predicted molar refractivity (Wildman–Crippen MR) is 105 cm³/mol. The molecule has 0 bridgehead atoms. The van der Waals surface area contributed by atoms with Gasteiger partial charge < -0.3 is 15.1 Å². The van der Waals surface area contributed by atoms with Crippen molar-refractivity contribution in [2.24, 2.45) is 0 Å². The second-order valence-electron chi connectivity index (χ2n) is 8.69. The summed E-state index contributed by atoms with van der Waals surface area (Å²) in [6.45, 7) is 0.809. The van der Waals surface area contributed by atoms with Gasteiger partial charge in [-0.3, -0.25) is 0 Å². The minimum absolute atomic E-state index is 0.238. The number of rotatable bonds is 3. The first-order chi connectivity index (χ1) is 14.3. The molecule has 8 heteroatoms. The van der Waals surface area contributed by atoms with Crippen molar-refractivity contribution in [3.05, 3.63) is 34.9 Å². The van der Waals surface area contributed by atoms with Crippen molar-refractivity contribution in [2.75, 3.05) is 11.4 Å². The number of hydrogen-bond acceptors (Lipinski definition) is 5. The van der Waals surface area contributed by atoms with Gasteiger partial charge in [0.25, 0.3) is 0 Å². The quantitative estimate of drug-likeness (QED) is 0.771. The van der Waals surface area contributed by atoms with Gasteiger partial charge in [0.15, 0.2) is 5.82 Å². The van der Waals surface area contributed by atoms with E-state index >= 15 is 0 Å². The fraction of sp³-hybridized carbons (Fsp3) is 0.545. The van der Waals surface area contributed by atoms with Crippen LogP contribution in [-0.4, -0.2) is 39.1 Å². The van der Waals surface area contributed by atoms with E-state index in [9.17, 15) is 23.4 Å². The van der Waals surface area contributed by atoms with Gasteiger partial charge in [0, 0.05) is 23.7 Å². The van der Waals surface area contributed by atoms with Crippen molar-refractivity contribution < 1.29 is 23.4 Å². The van der Waals surface area contributed by atoms with Gasteiger partial charge in [-0.1, -0.05) is 0 Å². The predicted octanol–water partition coefficient (Wildman–Crippen LogP) is 4.41. The Morgan fingerprint density at radius 2 is 1.87 bits per heavy atom. The highest BCUT2D eigenvalue weighted by atomic mass is 19.4. The molecular formula is C22H24F3N3O2. The maximum atomic E-state index is 13.0. The van der Waals surface area contributed by atoms with Crippen LogP contribution in [0.25, 0.3) is 11.3 Å². The summed E-state index contributed by atoms with van der Waals surface area (Å²) in [6, 6.07) is 3.28. The monoisotopic (exact) mass is 419 g/mol. The second kappa shape index (κ2) is 7.11. The average molecular weight is 419 g/mol. The lowest BCUT2D eigenvalue weighted by atomic mass is 9.92. The molecule has 5 rings (SSSR count). The van der Waals surface area contributed by atoms with Gasteiger partial charge in [0.1, 0.15) is 11.4 Å². The fourth-order valence-electron chi connectivity index (χ4n) is 4.99. The normalized spacial score (nSPS) is 24.2. The number of halogens is 3. The molecule has 1 aliphatic heterocycles. The van der Waals surface area contributed by atoms with Crippen LogP contribution in [-0.2, 0) is 12.6 Å². The summed E-state index contributed by atoms with van der Waals surface area (Å²) in [6.07, 6.45) is 1.58. The molecule has 160 valence electrons. The number of alkyl halides is 3. The molecule has 2 N–H and O–H groups in total. The smallest absolute Gasteiger partial charge is 0.416 e. The molecule has 2 heterocycles. The average Bonchev–Trinajstić information content (AvgIpc) is 3.44. The SMILES string of the molecule is Oc1cc(C(F)(F)F)ccc1-c1nnc2c(c1C1CC1)CCN2[C@@H]1CCC[C@H](O)C1. The van der Waals surface area contributed by atoms with Crippen LogP contribution in [0.5, 0.6) is 5.75 Å². The van der Waals surface area contributed by atoms with E-state index < -0.39 is 17.5 Å². The Labute approximate surface area is 172 Å². The summed E-state index contributed by atoms with van der Waals surface area (Å²) in [5.41, 5.74) is 2.03. The number of nitrogens with zero attached hydrogens (tertiary/aromatic N) is 3. The highest BCUT2D eigenvalue weighted by Crippen LogP contribution is 2.50. The number of phenolic OH excluding ortho intramolecular Hbond substituents is 1. The van der Waals surface area contributed by atoms with Crippen LogP contribution in [0.2, 0.25) is 0 Å². The number of aromatic nitrogens is 2. The van der Waals surface area contributed by atoms with Crippen LogP contribution in [0.3, 0.4) is 0 Å². The van der Waals surface area contributed by atoms with E-state index in [1.54, 1.807) is 0 Å². The first kappa shape index (κ1) is 19.6. The molecule has 0 amide bonds. The van der Waals surface area contributed by atoms with Crippen LogP contribution in [0.1, 0.15) is 61.1 Å². The maximum absolute atomic E-state index is 13.0. The van der Waals surface area contributed by atoms with Crippen LogP contribution in [0, 0.1) is 0 Å². The van der Waals surface area contributed by atoms with Crippen molar-refractivity contribution in [2.45, 2.75) is 69.2 Å². The molecule has 0 unspecified atom stereocenters. The van der Waals surface area contributed by atoms with Crippen molar-refractivity contribution in [3.8, 4) is 17.0 Å². The Morgan fingerprint density at radius 1 is 1.07 bits per heavy atom. The molecule has 2 aromatic rings. The number of aliphatic hydroxyl groups excluding tert-OH is 1. The molecule has 2 fully saturated rings. The van der Waals surface area contributed by atoms with E-state index in [1.165, 1.54) is 6.07 Å². The highest BCUT2D eigenvalue weighted by Gasteiger charge is 2.39. The number of anilines is 1. The summed E-state index contributed by atoms with van der Waals surface area (Å²) in [5, 5.41) is 29.3. The van der Waals surface area contributed by atoms with Crippen LogP contribution in [0.4, 0.5) is 19.0 Å². The first-order valence-corrected chi connectivity index (χ1v) is 10.6. The lowest BCUT2D eigenvalue weighted by molar-refractivity contribution is -0.137. The standard InChI is InChI=1S/C22H24F3N3O2/c23-22(24,25)13-6-7-16(18(30)10-13)20-19(12-4-5-12)17-8-9-28(21(17)27-26-20)14-2-1-3-15(29)11-14/h6-7,10,12,14-15,29-30H,1-5,8-9,11H2/t14-,15+/m1/s1. The molecule has 2 saturated carbocycles. The summed E-state index contributed by atoms with van der Waals surface area (Å²) in [4.78, 5) is 2.24. The first-order valence-electron chi connectivity index (χ1n) is 10.6.